The number of ether oxygens (including phenoxy) is 2. The summed E-state index contributed by atoms with van der Waals surface area (Å²) in [6, 6.07) is 4.60. The molecule has 0 spiro atoms. The molecular formula is C12H16IN3O2. The van der Waals surface area contributed by atoms with Crippen molar-refractivity contribution in [2.24, 2.45) is 0 Å². The van der Waals surface area contributed by atoms with Crippen LogP contribution >= 0.6 is 22.6 Å². The van der Waals surface area contributed by atoms with Gasteiger partial charge in [-0.3, -0.25) is 0 Å². The molecule has 0 unspecified atom stereocenters. The molecule has 0 saturated carbocycles. The largest absolute Gasteiger partial charge is 0.378 e. The molecule has 98 valence electrons. The Labute approximate surface area is 120 Å². The van der Waals surface area contributed by atoms with Crippen LogP contribution in [0.2, 0.25) is 0 Å². The van der Waals surface area contributed by atoms with Crippen molar-refractivity contribution >= 4 is 34.2 Å². The van der Waals surface area contributed by atoms with E-state index < -0.39 is 0 Å². The second-order valence-corrected chi connectivity index (χ2v) is 5.75. The van der Waals surface area contributed by atoms with Crippen LogP contribution in [0.15, 0.2) is 12.1 Å². The first kappa shape index (κ1) is 12.4. The van der Waals surface area contributed by atoms with Gasteiger partial charge in [-0.1, -0.05) is 0 Å². The van der Waals surface area contributed by atoms with Crippen molar-refractivity contribution in [3.63, 3.8) is 0 Å². The molecule has 0 radical (unpaired) electrons. The highest BCUT2D eigenvalue weighted by Gasteiger charge is 2.19. The zero-order valence-electron chi connectivity index (χ0n) is 10.1. The molecule has 0 bridgehead atoms. The van der Waals surface area contributed by atoms with E-state index in [1.165, 1.54) is 3.57 Å². The molecule has 0 amide bonds. The molecule has 6 heteroatoms. The summed E-state index contributed by atoms with van der Waals surface area (Å²) in [5, 5.41) is 3.40. The number of anilines is 2. The lowest BCUT2D eigenvalue weighted by atomic mass is 10.2. The van der Waals surface area contributed by atoms with Crippen LogP contribution in [-0.2, 0) is 9.47 Å². The normalized spacial score (nSPS) is 20.6. The van der Waals surface area contributed by atoms with E-state index in [9.17, 15) is 0 Å². The number of pyridine rings is 1. The molecular weight excluding hydrogens is 345 g/mol. The minimum atomic E-state index is 0.410. The van der Waals surface area contributed by atoms with Gasteiger partial charge in [-0.15, -0.1) is 0 Å². The third kappa shape index (κ3) is 2.86. The summed E-state index contributed by atoms with van der Waals surface area (Å²) in [6.45, 7) is 4.96. The van der Waals surface area contributed by atoms with E-state index in [1.54, 1.807) is 0 Å². The molecule has 3 rings (SSSR count). The van der Waals surface area contributed by atoms with Crippen molar-refractivity contribution in [2.45, 2.75) is 6.04 Å². The third-order valence-electron chi connectivity index (χ3n) is 3.10. The Morgan fingerprint density at radius 1 is 1.22 bits per heavy atom. The average molecular weight is 361 g/mol. The highest BCUT2D eigenvalue weighted by atomic mass is 127. The van der Waals surface area contributed by atoms with Gasteiger partial charge in [0.1, 0.15) is 11.6 Å². The predicted octanol–water partition coefficient (Wildman–Crippen LogP) is 1.33. The second kappa shape index (κ2) is 5.58. The molecule has 5 nitrogen and oxygen atoms in total. The molecule has 3 heterocycles. The van der Waals surface area contributed by atoms with Gasteiger partial charge in [-0.05, 0) is 34.7 Å². The smallest absolute Gasteiger partial charge is 0.132 e. The van der Waals surface area contributed by atoms with Gasteiger partial charge in [0.2, 0.25) is 0 Å². The van der Waals surface area contributed by atoms with E-state index in [-0.39, 0.29) is 0 Å². The van der Waals surface area contributed by atoms with Crippen LogP contribution in [0.3, 0.4) is 0 Å². The summed E-state index contributed by atoms with van der Waals surface area (Å²) >= 11 is 2.33. The molecule has 18 heavy (non-hydrogen) atoms. The lowest BCUT2D eigenvalue weighted by molar-refractivity contribution is 0.0209. The minimum Gasteiger partial charge on any atom is -0.378 e. The SMILES string of the molecule is Ic1cc(NC2COC2)nc(N2CCOCC2)c1. The molecule has 2 fully saturated rings. The molecule has 1 aromatic heterocycles. The first-order valence-electron chi connectivity index (χ1n) is 6.16. The van der Waals surface area contributed by atoms with Gasteiger partial charge in [0.25, 0.3) is 0 Å². The Balaban J connectivity index is 1.75. The van der Waals surface area contributed by atoms with Crippen molar-refractivity contribution < 1.29 is 9.47 Å². The van der Waals surface area contributed by atoms with Gasteiger partial charge in [-0.25, -0.2) is 4.98 Å². The van der Waals surface area contributed by atoms with E-state index in [2.05, 4.69) is 49.9 Å². The molecule has 2 aliphatic rings. The van der Waals surface area contributed by atoms with Crippen LogP contribution in [0.4, 0.5) is 11.6 Å². The number of aromatic nitrogens is 1. The summed E-state index contributed by atoms with van der Waals surface area (Å²) < 4.78 is 11.7. The fraction of sp³-hybridized carbons (Fsp3) is 0.583. The summed E-state index contributed by atoms with van der Waals surface area (Å²) in [6.07, 6.45) is 0. The zero-order valence-corrected chi connectivity index (χ0v) is 12.2. The van der Waals surface area contributed by atoms with Crippen LogP contribution in [0.1, 0.15) is 0 Å². The number of halogens is 1. The number of morpholine rings is 1. The van der Waals surface area contributed by atoms with Crippen LogP contribution in [-0.4, -0.2) is 50.5 Å². The van der Waals surface area contributed by atoms with E-state index in [4.69, 9.17) is 9.47 Å². The summed E-state index contributed by atoms with van der Waals surface area (Å²) in [4.78, 5) is 6.95. The van der Waals surface area contributed by atoms with Crippen molar-refractivity contribution in [1.29, 1.82) is 0 Å². The average Bonchev–Trinajstić information content (AvgIpc) is 2.34. The molecule has 1 aromatic rings. The molecule has 0 atom stereocenters. The molecule has 0 aliphatic carbocycles. The zero-order chi connectivity index (χ0) is 12.4. The van der Waals surface area contributed by atoms with Crippen LogP contribution in [0.5, 0.6) is 0 Å². The highest BCUT2D eigenvalue weighted by molar-refractivity contribution is 14.1. The van der Waals surface area contributed by atoms with Gasteiger partial charge >= 0.3 is 0 Å². The number of rotatable bonds is 3. The van der Waals surface area contributed by atoms with Crippen LogP contribution in [0.25, 0.3) is 0 Å². The number of nitrogens with zero attached hydrogens (tertiary/aromatic N) is 2. The minimum absolute atomic E-state index is 0.410. The number of hydrogen-bond donors (Lipinski definition) is 1. The van der Waals surface area contributed by atoms with Crippen molar-refractivity contribution in [1.82, 2.24) is 4.98 Å². The maximum absolute atomic E-state index is 5.37. The Morgan fingerprint density at radius 3 is 2.67 bits per heavy atom. The second-order valence-electron chi connectivity index (χ2n) is 4.51. The lowest BCUT2D eigenvalue weighted by Gasteiger charge is -2.30. The van der Waals surface area contributed by atoms with Crippen LogP contribution in [0, 0.1) is 3.57 Å². The highest BCUT2D eigenvalue weighted by Crippen LogP contribution is 2.21. The Hall–Kier alpha value is -0.600. The fourth-order valence-corrected chi connectivity index (χ4v) is 2.61. The summed E-state index contributed by atoms with van der Waals surface area (Å²) in [5.74, 6) is 1.98. The van der Waals surface area contributed by atoms with E-state index in [0.29, 0.717) is 6.04 Å². The number of hydrogen-bond acceptors (Lipinski definition) is 5. The maximum atomic E-state index is 5.37. The monoisotopic (exact) mass is 361 g/mol. The maximum Gasteiger partial charge on any atom is 0.132 e. The quantitative estimate of drug-likeness (QED) is 0.824. The Kier molecular flexibility index (Phi) is 3.86. The van der Waals surface area contributed by atoms with Gasteiger partial charge in [-0.2, -0.15) is 0 Å². The lowest BCUT2D eigenvalue weighted by Crippen LogP contribution is -2.41. The molecule has 1 N–H and O–H groups in total. The predicted molar refractivity (Wildman–Crippen MR) is 78.2 cm³/mol. The van der Waals surface area contributed by atoms with E-state index in [0.717, 1.165) is 51.2 Å². The fourth-order valence-electron chi connectivity index (χ4n) is 2.04. The van der Waals surface area contributed by atoms with Crippen molar-refractivity contribution in [3.05, 3.63) is 15.7 Å². The Morgan fingerprint density at radius 2 is 2.00 bits per heavy atom. The Bertz CT molecular complexity index is 420. The van der Waals surface area contributed by atoms with E-state index in [1.807, 2.05) is 0 Å². The van der Waals surface area contributed by atoms with Crippen molar-refractivity contribution in [3.8, 4) is 0 Å². The third-order valence-corrected chi connectivity index (χ3v) is 3.72. The standard InChI is InChI=1S/C12H16IN3O2/c13-9-5-11(14-10-7-18-8-10)15-12(6-9)16-1-3-17-4-2-16/h5-6,10H,1-4,7-8H2,(H,14,15). The van der Waals surface area contributed by atoms with Gasteiger partial charge < -0.3 is 19.7 Å². The summed E-state index contributed by atoms with van der Waals surface area (Å²) in [5.41, 5.74) is 0. The number of nitrogens with one attached hydrogen (secondary N) is 1. The van der Waals surface area contributed by atoms with Gasteiger partial charge in [0, 0.05) is 16.7 Å². The molecule has 2 saturated heterocycles. The van der Waals surface area contributed by atoms with Gasteiger partial charge in [0.05, 0.1) is 32.5 Å². The first-order valence-corrected chi connectivity index (χ1v) is 7.24. The van der Waals surface area contributed by atoms with E-state index >= 15 is 0 Å². The molecule has 2 aliphatic heterocycles. The van der Waals surface area contributed by atoms with Crippen LogP contribution < -0.4 is 10.2 Å². The van der Waals surface area contributed by atoms with Gasteiger partial charge in [0.15, 0.2) is 0 Å². The summed E-state index contributed by atoms with van der Waals surface area (Å²) in [7, 11) is 0. The molecule has 0 aromatic carbocycles. The first-order chi connectivity index (χ1) is 8.81. The van der Waals surface area contributed by atoms with Crippen molar-refractivity contribution in [2.75, 3.05) is 49.7 Å². The topological polar surface area (TPSA) is 46.6 Å².